The number of thioether (sulfide) groups is 1. The van der Waals surface area contributed by atoms with Crippen LogP contribution >= 0.6 is 11.8 Å². The Morgan fingerprint density at radius 3 is 2.67 bits per heavy atom. The molecular weight excluding hydrogens is 208 g/mol. The molecule has 0 aromatic heterocycles. The summed E-state index contributed by atoms with van der Waals surface area (Å²) < 4.78 is 0. The highest BCUT2D eigenvalue weighted by molar-refractivity contribution is 7.99. The number of hydrogen-bond donors (Lipinski definition) is 1. The SMILES string of the molecule is CN(CCSc1ccccc1)CC(N)=O. The predicted molar refractivity (Wildman–Crippen MR) is 63.9 cm³/mol. The average molecular weight is 224 g/mol. The van der Waals surface area contributed by atoms with Gasteiger partial charge in [0, 0.05) is 17.2 Å². The van der Waals surface area contributed by atoms with E-state index in [9.17, 15) is 4.79 Å². The second-order valence-corrected chi connectivity index (χ2v) is 4.53. The summed E-state index contributed by atoms with van der Waals surface area (Å²) in [6.07, 6.45) is 0. The summed E-state index contributed by atoms with van der Waals surface area (Å²) in [6.45, 7) is 1.19. The molecule has 0 atom stereocenters. The Bertz CT molecular complexity index is 303. The van der Waals surface area contributed by atoms with Gasteiger partial charge in [-0.25, -0.2) is 0 Å². The molecule has 0 aliphatic heterocycles. The summed E-state index contributed by atoms with van der Waals surface area (Å²) in [4.78, 5) is 13.8. The molecule has 1 aromatic rings. The zero-order chi connectivity index (χ0) is 11.1. The molecule has 1 amide bonds. The molecule has 1 aromatic carbocycles. The van der Waals surface area contributed by atoms with Crippen molar-refractivity contribution in [3.05, 3.63) is 30.3 Å². The van der Waals surface area contributed by atoms with E-state index in [1.807, 2.05) is 30.1 Å². The first kappa shape index (κ1) is 12.1. The van der Waals surface area contributed by atoms with Gasteiger partial charge >= 0.3 is 0 Å². The number of carbonyl (C=O) groups excluding carboxylic acids is 1. The topological polar surface area (TPSA) is 46.3 Å². The lowest BCUT2D eigenvalue weighted by Gasteiger charge is -2.13. The van der Waals surface area contributed by atoms with Crippen LogP contribution in [0.5, 0.6) is 0 Å². The van der Waals surface area contributed by atoms with Crippen molar-refractivity contribution in [3.8, 4) is 0 Å². The molecule has 3 nitrogen and oxygen atoms in total. The van der Waals surface area contributed by atoms with Crippen molar-refractivity contribution in [2.24, 2.45) is 5.73 Å². The van der Waals surface area contributed by atoms with Gasteiger partial charge in [0.2, 0.25) is 5.91 Å². The van der Waals surface area contributed by atoms with Gasteiger partial charge in [0.1, 0.15) is 0 Å². The third-order valence-corrected chi connectivity index (χ3v) is 2.90. The van der Waals surface area contributed by atoms with Crippen LogP contribution in [0, 0.1) is 0 Å². The van der Waals surface area contributed by atoms with Gasteiger partial charge in [-0.2, -0.15) is 0 Å². The quantitative estimate of drug-likeness (QED) is 0.738. The molecule has 0 saturated carbocycles. The van der Waals surface area contributed by atoms with Crippen molar-refractivity contribution in [2.75, 3.05) is 25.9 Å². The van der Waals surface area contributed by atoms with Crippen LogP contribution in [0.3, 0.4) is 0 Å². The van der Waals surface area contributed by atoms with Crippen molar-refractivity contribution in [3.63, 3.8) is 0 Å². The lowest BCUT2D eigenvalue weighted by atomic mass is 10.4. The van der Waals surface area contributed by atoms with Crippen LogP contribution in [-0.4, -0.2) is 36.7 Å². The van der Waals surface area contributed by atoms with Crippen molar-refractivity contribution < 1.29 is 4.79 Å². The zero-order valence-corrected chi connectivity index (χ0v) is 9.67. The molecule has 82 valence electrons. The van der Waals surface area contributed by atoms with Crippen LogP contribution in [0.25, 0.3) is 0 Å². The standard InChI is InChI=1S/C11H16N2OS/c1-13(9-11(12)14)7-8-15-10-5-3-2-4-6-10/h2-6H,7-9H2,1H3,(H2,12,14). The van der Waals surface area contributed by atoms with Gasteiger partial charge in [-0.3, -0.25) is 9.69 Å². The van der Waals surface area contributed by atoms with Crippen molar-refractivity contribution in [1.29, 1.82) is 0 Å². The predicted octanol–water partition coefficient (Wildman–Crippen LogP) is 1.20. The fourth-order valence-corrected chi connectivity index (χ4v) is 2.17. The summed E-state index contributed by atoms with van der Waals surface area (Å²) in [7, 11) is 1.90. The monoisotopic (exact) mass is 224 g/mol. The van der Waals surface area contributed by atoms with Crippen molar-refractivity contribution >= 4 is 17.7 Å². The van der Waals surface area contributed by atoms with E-state index in [1.165, 1.54) is 4.90 Å². The summed E-state index contributed by atoms with van der Waals surface area (Å²) in [6, 6.07) is 10.2. The van der Waals surface area contributed by atoms with E-state index in [-0.39, 0.29) is 5.91 Å². The fourth-order valence-electron chi connectivity index (χ4n) is 1.18. The minimum absolute atomic E-state index is 0.276. The smallest absolute Gasteiger partial charge is 0.231 e. The van der Waals surface area contributed by atoms with Crippen LogP contribution in [0.2, 0.25) is 0 Å². The average Bonchev–Trinajstić information content (AvgIpc) is 2.18. The number of nitrogens with zero attached hydrogens (tertiary/aromatic N) is 1. The third kappa shape index (κ3) is 5.44. The van der Waals surface area contributed by atoms with Gasteiger partial charge < -0.3 is 5.73 Å². The Morgan fingerprint density at radius 2 is 2.07 bits per heavy atom. The lowest BCUT2D eigenvalue weighted by molar-refractivity contribution is -0.118. The Morgan fingerprint density at radius 1 is 1.40 bits per heavy atom. The maximum atomic E-state index is 10.6. The first-order valence-corrected chi connectivity index (χ1v) is 5.82. The molecule has 0 unspecified atom stereocenters. The van der Waals surface area contributed by atoms with Crippen LogP contribution in [0.4, 0.5) is 0 Å². The Balaban J connectivity index is 2.19. The second kappa shape index (κ2) is 6.48. The van der Waals surface area contributed by atoms with E-state index in [0.29, 0.717) is 6.54 Å². The minimum Gasteiger partial charge on any atom is -0.369 e. The Labute approximate surface area is 94.6 Å². The maximum absolute atomic E-state index is 10.6. The first-order valence-electron chi connectivity index (χ1n) is 4.83. The molecule has 0 radical (unpaired) electrons. The summed E-state index contributed by atoms with van der Waals surface area (Å²) >= 11 is 1.78. The van der Waals surface area contributed by atoms with Gasteiger partial charge in [-0.15, -0.1) is 11.8 Å². The fraction of sp³-hybridized carbons (Fsp3) is 0.364. The number of benzene rings is 1. The van der Waals surface area contributed by atoms with Gasteiger partial charge in [0.15, 0.2) is 0 Å². The van der Waals surface area contributed by atoms with Gasteiger partial charge in [-0.05, 0) is 19.2 Å². The summed E-state index contributed by atoms with van der Waals surface area (Å²) in [5.41, 5.74) is 5.09. The van der Waals surface area contributed by atoms with Gasteiger partial charge in [0.05, 0.1) is 6.54 Å². The molecule has 0 aliphatic rings. The maximum Gasteiger partial charge on any atom is 0.231 e. The van der Waals surface area contributed by atoms with Gasteiger partial charge in [0.25, 0.3) is 0 Å². The largest absolute Gasteiger partial charge is 0.369 e. The number of primary amides is 1. The normalized spacial score (nSPS) is 10.5. The van der Waals surface area contributed by atoms with Gasteiger partial charge in [-0.1, -0.05) is 18.2 Å². The molecule has 4 heteroatoms. The van der Waals surface area contributed by atoms with E-state index in [1.54, 1.807) is 11.8 Å². The van der Waals surface area contributed by atoms with Crippen molar-refractivity contribution in [2.45, 2.75) is 4.90 Å². The second-order valence-electron chi connectivity index (χ2n) is 3.37. The molecule has 1 rings (SSSR count). The summed E-state index contributed by atoms with van der Waals surface area (Å²) in [5, 5.41) is 0. The van der Waals surface area contributed by atoms with E-state index in [2.05, 4.69) is 12.1 Å². The molecule has 0 spiro atoms. The number of hydrogen-bond acceptors (Lipinski definition) is 3. The molecular formula is C11H16N2OS. The Kier molecular flexibility index (Phi) is 5.21. The highest BCUT2D eigenvalue weighted by Crippen LogP contribution is 2.16. The molecule has 2 N–H and O–H groups in total. The lowest BCUT2D eigenvalue weighted by Crippen LogP contribution is -2.32. The van der Waals surface area contributed by atoms with Crippen LogP contribution in [0.1, 0.15) is 0 Å². The summed E-state index contributed by atoms with van der Waals surface area (Å²) in [5.74, 6) is 0.690. The molecule has 0 heterocycles. The molecule has 15 heavy (non-hydrogen) atoms. The number of likely N-dealkylation sites (N-methyl/N-ethyl adjacent to an activating group) is 1. The number of carbonyl (C=O) groups is 1. The highest BCUT2D eigenvalue weighted by atomic mass is 32.2. The van der Waals surface area contributed by atoms with Crippen molar-refractivity contribution in [1.82, 2.24) is 4.90 Å². The van der Waals surface area contributed by atoms with E-state index >= 15 is 0 Å². The number of rotatable bonds is 6. The van der Waals surface area contributed by atoms with E-state index < -0.39 is 0 Å². The van der Waals surface area contributed by atoms with Crippen LogP contribution in [0.15, 0.2) is 35.2 Å². The number of amides is 1. The van der Waals surface area contributed by atoms with E-state index in [4.69, 9.17) is 5.73 Å². The number of nitrogens with two attached hydrogens (primary N) is 1. The minimum atomic E-state index is -0.276. The van der Waals surface area contributed by atoms with E-state index in [0.717, 1.165) is 12.3 Å². The first-order chi connectivity index (χ1) is 7.18. The highest BCUT2D eigenvalue weighted by Gasteiger charge is 2.01. The Hall–Kier alpha value is -1.00. The molecule has 0 saturated heterocycles. The molecule has 0 fully saturated rings. The molecule has 0 aliphatic carbocycles. The van der Waals surface area contributed by atoms with Crippen LogP contribution in [-0.2, 0) is 4.79 Å². The zero-order valence-electron chi connectivity index (χ0n) is 8.85. The van der Waals surface area contributed by atoms with Crippen LogP contribution < -0.4 is 5.73 Å². The molecule has 0 bridgehead atoms. The third-order valence-electron chi connectivity index (χ3n) is 1.91.